The smallest absolute Gasteiger partial charge is 0.272 e. The maximum absolute atomic E-state index is 11.7. The number of nitrogens with one attached hydrogen (secondary N) is 1. The number of aromatic nitrogens is 1. The standard InChI is InChI=1S/C16H25N2O4P/c1-13(2)22-23(19,20)21-12-18(3,4)10-9-14-11-17-16-8-6-5-7-15(14)16/h5-8,11,13,17H,9-10,12H2,1-4H3. The molecule has 1 unspecified atom stereocenters. The molecule has 128 valence electrons. The van der Waals surface area contributed by atoms with Gasteiger partial charge in [-0.1, -0.05) is 18.2 Å². The number of likely N-dealkylation sites (N-methyl/N-ethyl adjacent to an activating group) is 1. The van der Waals surface area contributed by atoms with E-state index in [1.54, 1.807) is 13.8 Å². The second-order valence-electron chi connectivity index (χ2n) is 6.63. The van der Waals surface area contributed by atoms with Gasteiger partial charge in [-0.05, 0) is 25.5 Å². The molecule has 0 saturated carbocycles. The maximum atomic E-state index is 11.7. The van der Waals surface area contributed by atoms with E-state index in [1.165, 1.54) is 10.9 Å². The first-order valence-corrected chi connectivity index (χ1v) is 9.16. The number of hydrogen-bond donors (Lipinski definition) is 1. The Labute approximate surface area is 137 Å². The lowest BCUT2D eigenvalue weighted by Crippen LogP contribution is -2.43. The molecule has 1 aromatic heterocycles. The lowest BCUT2D eigenvalue weighted by molar-refractivity contribution is -0.906. The molecule has 0 saturated heterocycles. The summed E-state index contributed by atoms with van der Waals surface area (Å²) in [7, 11) is -0.370. The maximum Gasteiger partial charge on any atom is 0.272 e. The van der Waals surface area contributed by atoms with Crippen LogP contribution in [0.15, 0.2) is 30.5 Å². The van der Waals surface area contributed by atoms with Crippen molar-refractivity contribution in [2.24, 2.45) is 0 Å². The number of nitrogens with zero attached hydrogens (tertiary/aromatic N) is 1. The Balaban J connectivity index is 1.92. The molecule has 2 rings (SSSR count). The van der Waals surface area contributed by atoms with Crippen LogP contribution in [0.2, 0.25) is 0 Å². The summed E-state index contributed by atoms with van der Waals surface area (Å²) in [5, 5.41) is 1.20. The fraction of sp³-hybridized carbons (Fsp3) is 0.500. The summed E-state index contributed by atoms with van der Waals surface area (Å²) in [6.45, 7) is 4.12. The van der Waals surface area contributed by atoms with E-state index in [0.717, 1.165) is 18.5 Å². The minimum absolute atomic E-state index is 0.0514. The highest BCUT2D eigenvalue weighted by Crippen LogP contribution is 2.40. The van der Waals surface area contributed by atoms with Crippen molar-refractivity contribution in [2.45, 2.75) is 26.4 Å². The minimum Gasteiger partial charge on any atom is -0.756 e. The highest BCUT2D eigenvalue weighted by atomic mass is 31.2. The fourth-order valence-electron chi connectivity index (χ4n) is 2.34. The molecule has 0 spiro atoms. The van der Waals surface area contributed by atoms with Gasteiger partial charge in [0.15, 0.2) is 6.73 Å². The van der Waals surface area contributed by atoms with E-state index in [2.05, 4.69) is 11.1 Å². The number of para-hydroxylation sites is 1. The van der Waals surface area contributed by atoms with Gasteiger partial charge >= 0.3 is 0 Å². The Hall–Kier alpha value is -1.17. The summed E-state index contributed by atoms with van der Waals surface area (Å²) in [6.07, 6.45) is 2.42. The normalized spacial score (nSPS) is 15.2. The zero-order valence-electron chi connectivity index (χ0n) is 14.1. The van der Waals surface area contributed by atoms with E-state index in [-0.39, 0.29) is 6.73 Å². The third-order valence-corrected chi connectivity index (χ3v) is 4.68. The summed E-state index contributed by atoms with van der Waals surface area (Å²) in [4.78, 5) is 14.9. The lowest BCUT2D eigenvalue weighted by atomic mass is 10.1. The SMILES string of the molecule is CC(C)OP(=O)([O-])OC[N+](C)(C)CCc1c[nH]c2ccccc12. The van der Waals surface area contributed by atoms with Gasteiger partial charge in [-0.2, -0.15) is 0 Å². The Morgan fingerprint density at radius 2 is 2.00 bits per heavy atom. The van der Waals surface area contributed by atoms with Gasteiger partial charge in [0.05, 0.1) is 26.7 Å². The number of quaternary nitrogens is 1. The molecule has 2 aromatic rings. The molecule has 0 aliphatic heterocycles. The van der Waals surface area contributed by atoms with E-state index in [0.29, 0.717) is 4.48 Å². The van der Waals surface area contributed by atoms with Crippen LogP contribution in [0.4, 0.5) is 0 Å². The Kier molecular flexibility index (Phi) is 5.65. The van der Waals surface area contributed by atoms with Gasteiger partial charge in [0.2, 0.25) is 0 Å². The van der Waals surface area contributed by atoms with E-state index < -0.39 is 13.9 Å². The second kappa shape index (κ2) is 7.16. The molecule has 23 heavy (non-hydrogen) atoms. The number of aromatic amines is 1. The highest BCUT2D eigenvalue weighted by molar-refractivity contribution is 7.45. The monoisotopic (exact) mass is 340 g/mol. The van der Waals surface area contributed by atoms with Crippen LogP contribution in [0, 0.1) is 0 Å². The fourth-order valence-corrected chi connectivity index (χ4v) is 3.37. The third-order valence-electron chi connectivity index (χ3n) is 3.57. The summed E-state index contributed by atoms with van der Waals surface area (Å²) in [5.74, 6) is 0. The first-order valence-electron chi connectivity index (χ1n) is 7.69. The highest BCUT2D eigenvalue weighted by Gasteiger charge is 2.21. The largest absolute Gasteiger partial charge is 0.756 e. The molecule has 0 fully saturated rings. The van der Waals surface area contributed by atoms with Crippen molar-refractivity contribution in [3.05, 3.63) is 36.0 Å². The molecule has 1 heterocycles. The Bertz CT molecular complexity index is 696. The molecule has 7 heteroatoms. The van der Waals surface area contributed by atoms with Crippen LogP contribution < -0.4 is 4.89 Å². The molecular formula is C16H25N2O4P. The summed E-state index contributed by atoms with van der Waals surface area (Å²) in [6, 6.07) is 8.13. The second-order valence-corrected chi connectivity index (χ2v) is 7.99. The van der Waals surface area contributed by atoms with Crippen molar-refractivity contribution in [2.75, 3.05) is 27.4 Å². The van der Waals surface area contributed by atoms with Gasteiger partial charge in [-0.25, -0.2) is 0 Å². The van der Waals surface area contributed by atoms with Crippen LogP contribution in [-0.2, 0) is 20.0 Å². The molecule has 6 nitrogen and oxygen atoms in total. The third kappa shape index (κ3) is 5.44. The number of phosphoric acid groups is 1. The number of rotatable bonds is 8. The quantitative estimate of drug-likeness (QED) is 0.455. The predicted molar refractivity (Wildman–Crippen MR) is 88.8 cm³/mol. The summed E-state index contributed by atoms with van der Waals surface area (Å²) >= 11 is 0. The first kappa shape index (κ1) is 18.2. The number of benzene rings is 1. The van der Waals surface area contributed by atoms with Crippen molar-refractivity contribution in [1.82, 2.24) is 4.98 Å². The summed E-state index contributed by atoms with van der Waals surface area (Å²) in [5.41, 5.74) is 2.33. The first-order chi connectivity index (χ1) is 10.7. The van der Waals surface area contributed by atoms with E-state index in [9.17, 15) is 9.46 Å². The van der Waals surface area contributed by atoms with Crippen LogP contribution in [0.25, 0.3) is 10.9 Å². The minimum atomic E-state index is -4.24. The van der Waals surface area contributed by atoms with Crippen LogP contribution >= 0.6 is 7.82 Å². The molecule has 0 radical (unpaired) electrons. The molecule has 0 amide bonds. The molecule has 0 bridgehead atoms. The van der Waals surface area contributed by atoms with Crippen molar-refractivity contribution < 1.29 is 23.0 Å². The van der Waals surface area contributed by atoms with Crippen molar-refractivity contribution in [3.8, 4) is 0 Å². The average molecular weight is 340 g/mol. The molecule has 0 aliphatic rings. The van der Waals surface area contributed by atoms with Gasteiger partial charge in [0.1, 0.15) is 0 Å². The van der Waals surface area contributed by atoms with Gasteiger partial charge in [-0.3, -0.25) is 9.09 Å². The van der Waals surface area contributed by atoms with Crippen LogP contribution in [0.3, 0.4) is 0 Å². The van der Waals surface area contributed by atoms with Gasteiger partial charge < -0.3 is 18.9 Å². The summed E-state index contributed by atoms with van der Waals surface area (Å²) < 4.78 is 21.9. The van der Waals surface area contributed by atoms with E-state index >= 15 is 0 Å². The number of H-pyrrole nitrogens is 1. The molecular weight excluding hydrogens is 315 g/mol. The zero-order valence-corrected chi connectivity index (χ0v) is 15.0. The molecule has 1 N–H and O–H groups in total. The number of hydrogen-bond acceptors (Lipinski definition) is 4. The van der Waals surface area contributed by atoms with Crippen molar-refractivity contribution >= 4 is 18.7 Å². The van der Waals surface area contributed by atoms with Crippen molar-refractivity contribution in [3.63, 3.8) is 0 Å². The van der Waals surface area contributed by atoms with Crippen molar-refractivity contribution in [1.29, 1.82) is 0 Å². The van der Waals surface area contributed by atoms with Gasteiger partial charge in [0, 0.05) is 23.5 Å². The topological polar surface area (TPSA) is 74.4 Å². The van der Waals surface area contributed by atoms with Gasteiger partial charge in [0.25, 0.3) is 7.82 Å². The lowest BCUT2D eigenvalue weighted by Gasteiger charge is -2.33. The Morgan fingerprint density at radius 3 is 2.70 bits per heavy atom. The van der Waals surface area contributed by atoms with Crippen LogP contribution in [0.1, 0.15) is 19.4 Å². The Morgan fingerprint density at radius 1 is 1.30 bits per heavy atom. The molecule has 1 atom stereocenters. The van der Waals surface area contributed by atoms with E-state index in [4.69, 9.17) is 9.05 Å². The average Bonchev–Trinajstić information content (AvgIpc) is 2.86. The molecule has 0 aliphatic carbocycles. The predicted octanol–water partition coefficient (Wildman–Crippen LogP) is 2.65. The molecule has 1 aromatic carbocycles. The number of fused-ring (bicyclic) bond motifs is 1. The van der Waals surface area contributed by atoms with Crippen LogP contribution in [-0.4, -0.2) is 42.9 Å². The van der Waals surface area contributed by atoms with Gasteiger partial charge in [-0.15, -0.1) is 0 Å². The zero-order chi connectivity index (χ0) is 17.1. The number of phosphoric ester groups is 1. The van der Waals surface area contributed by atoms with Crippen LogP contribution in [0.5, 0.6) is 0 Å². The van der Waals surface area contributed by atoms with E-state index in [1.807, 2.05) is 38.5 Å².